The van der Waals surface area contributed by atoms with Gasteiger partial charge in [-0.1, -0.05) is 157 Å². The third-order valence-electron chi connectivity index (χ3n) is 11.6. The second-order valence-corrected chi connectivity index (χ2v) is 18.4. The van der Waals surface area contributed by atoms with E-state index in [-0.39, 0.29) is 26.3 Å². The molecule has 1 aliphatic heterocycles. The largest absolute Gasteiger partial charge is 2.00 e. The fourth-order valence-corrected chi connectivity index (χ4v) is 14.5. The number of hydrogen-bond donors (Lipinski definition) is 0. The van der Waals surface area contributed by atoms with Crippen molar-refractivity contribution < 1.29 is 25.2 Å². The molecule has 1 aliphatic rings. The fourth-order valence-electron chi connectivity index (χ4n) is 9.27. The summed E-state index contributed by atoms with van der Waals surface area (Å²) in [5.74, 6) is 1.97. The third kappa shape index (κ3) is 5.99. The maximum atomic E-state index is 6.57. The van der Waals surface area contributed by atoms with Gasteiger partial charge < -0.3 is 14.3 Å². The first-order valence-electron chi connectivity index (χ1n) is 19.6. The fraction of sp³-hybridized carbons (Fsp3) is 0.0189. The van der Waals surface area contributed by atoms with E-state index in [1.807, 2.05) is 54.7 Å². The maximum absolute atomic E-state index is 6.57. The molecule has 0 bridgehead atoms. The number of benzene rings is 7. The Morgan fingerprint density at radius 1 is 0.508 bits per heavy atom. The molecule has 1 unspecified atom stereocenters. The van der Waals surface area contributed by atoms with E-state index < -0.39 is 8.07 Å². The number of hydrogen-bond acceptors (Lipinski definition) is 3. The molecule has 11 rings (SSSR count). The van der Waals surface area contributed by atoms with Crippen LogP contribution in [0.1, 0.15) is 22.6 Å². The molecule has 7 aromatic carbocycles. The SMILES string of the molecule is [Pd+2].[c-]1c(Oc2[c-]c3c(cc2)c2ccc4c(c2n3-c2ccccn2)C(c2ccccc2)c2ccccc2[Si]4(c2ccccc2)c2ccccc2)cccc1-c1ccccn1. The first kappa shape index (κ1) is 36.6. The van der Waals surface area contributed by atoms with Crippen LogP contribution in [0, 0.1) is 12.1 Å². The van der Waals surface area contributed by atoms with E-state index in [2.05, 4.69) is 167 Å². The van der Waals surface area contributed by atoms with Crippen molar-refractivity contribution in [1.82, 2.24) is 14.5 Å². The van der Waals surface area contributed by atoms with E-state index in [4.69, 9.17) is 9.72 Å². The summed E-state index contributed by atoms with van der Waals surface area (Å²) in [5, 5.41) is 7.73. The van der Waals surface area contributed by atoms with Crippen LogP contribution >= 0.6 is 0 Å². The van der Waals surface area contributed by atoms with Crippen molar-refractivity contribution >= 4 is 50.6 Å². The van der Waals surface area contributed by atoms with Gasteiger partial charge in [-0.05, 0) is 66.7 Å². The van der Waals surface area contributed by atoms with Gasteiger partial charge in [0, 0.05) is 35.3 Å². The maximum Gasteiger partial charge on any atom is 2.00 e. The number of ether oxygens (including phenoxy) is 1. The van der Waals surface area contributed by atoms with Crippen LogP contribution in [0.3, 0.4) is 0 Å². The van der Waals surface area contributed by atoms with Gasteiger partial charge in [-0.3, -0.25) is 0 Å². The number of aromatic nitrogens is 3. The monoisotopic (exact) mass is 863 g/mol. The Kier molecular flexibility index (Phi) is 9.47. The Hall–Kier alpha value is -6.68. The molecule has 3 aromatic heterocycles. The average molecular weight is 864 g/mol. The summed E-state index contributed by atoms with van der Waals surface area (Å²) in [7, 11) is -2.91. The van der Waals surface area contributed by atoms with Crippen LogP contribution < -0.4 is 25.5 Å². The zero-order valence-corrected chi connectivity index (χ0v) is 34.3. The second-order valence-electron chi connectivity index (χ2n) is 14.7. The Morgan fingerprint density at radius 3 is 1.86 bits per heavy atom. The van der Waals surface area contributed by atoms with Gasteiger partial charge in [0.25, 0.3) is 0 Å². The zero-order chi connectivity index (χ0) is 38.5. The molecular formula is C53H35N3OPdSi. The van der Waals surface area contributed by atoms with Crippen molar-refractivity contribution in [3.63, 3.8) is 0 Å². The summed E-state index contributed by atoms with van der Waals surface area (Å²) in [4.78, 5) is 9.56. The number of nitrogens with zero attached hydrogens (tertiary/aromatic N) is 3. The van der Waals surface area contributed by atoms with Crippen molar-refractivity contribution in [2.24, 2.45) is 0 Å². The smallest absolute Gasteiger partial charge is 0.503 e. The minimum atomic E-state index is -2.91. The van der Waals surface area contributed by atoms with Crippen molar-refractivity contribution in [1.29, 1.82) is 0 Å². The molecule has 0 radical (unpaired) electrons. The predicted molar refractivity (Wildman–Crippen MR) is 237 cm³/mol. The molecule has 59 heavy (non-hydrogen) atoms. The molecule has 0 spiro atoms. The molecule has 6 heteroatoms. The minimum absolute atomic E-state index is 0. The topological polar surface area (TPSA) is 39.9 Å². The third-order valence-corrected chi connectivity index (χ3v) is 16.5. The molecule has 0 aliphatic carbocycles. The number of fused-ring (bicyclic) bond motifs is 6. The quantitative estimate of drug-likeness (QED) is 0.119. The Balaban J connectivity index is 0.00000420. The van der Waals surface area contributed by atoms with Gasteiger partial charge in [0.05, 0.1) is 0 Å². The van der Waals surface area contributed by atoms with Gasteiger partial charge >= 0.3 is 20.4 Å². The van der Waals surface area contributed by atoms with Crippen LogP contribution in [0.25, 0.3) is 38.9 Å². The molecule has 4 heterocycles. The second kappa shape index (κ2) is 15.2. The van der Waals surface area contributed by atoms with Gasteiger partial charge in [-0.25, -0.2) is 4.98 Å². The molecule has 10 aromatic rings. The van der Waals surface area contributed by atoms with Crippen LogP contribution in [-0.2, 0) is 20.4 Å². The standard InChI is InChI=1S/C53H35N3OSi.Pd/c1-4-17-37(18-5-1)51-45-25-10-11-27-48(45)58(41-21-6-2-7-22-41,42-23-8-3-9-24-42)49-32-31-44-43-30-29-40(57-39-20-16-19-38(35-39)46-26-12-14-33-54-46)36-47(43)56(53(44)52(49)51)50-28-13-15-34-55-50;/h1-34,51H;/q-2;+2. The first-order chi connectivity index (χ1) is 28.8. The summed E-state index contributed by atoms with van der Waals surface area (Å²) >= 11 is 0. The van der Waals surface area contributed by atoms with Gasteiger partial charge in [-0.15, -0.1) is 41.3 Å². The predicted octanol–water partition coefficient (Wildman–Crippen LogP) is 9.50. The van der Waals surface area contributed by atoms with Gasteiger partial charge in [0.2, 0.25) is 0 Å². The van der Waals surface area contributed by atoms with Crippen molar-refractivity contribution in [2.45, 2.75) is 5.92 Å². The van der Waals surface area contributed by atoms with E-state index in [1.54, 1.807) is 6.20 Å². The molecule has 1 atom stereocenters. The summed E-state index contributed by atoms with van der Waals surface area (Å²) in [6, 6.07) is 76.7. The molecule has 0 fully saturated rings. The molecular weight excluding hydrogens is 829 g/mol. The van der Waals surface area contributed by atoms with Crippen molar-refractivity contribution in [2.75, 3.05) is 0 Å². The van der Waals surface area contributed by atoms with Crippen molar-refractivity contribution in [3.8, 4) is 28.6 Å². The van der Waals surface area contributed by atoms with E-state index in [0.717, 1.165) is 38.9 Å². The Labute approximate surface area is 358 Å². The Morgan fingerprint density at radius 2 is 1.15 bits per heavy atom. The summed E-state index contributed by atoms with van der Waals surface area (Å²) < 4.78 is 8.89. The minimum Gasteiger partial charge on any atom is -0.503 e. The number of rotatable bonds is 7. The summed E-state index contributed by atoms with van der Waals surface area (Å²) in [6.07, 6.45) is 3.67. The van der Waals surface area contributed by atoms with Crippen LogP contribution in [0.15, 0.2) is 207 Å². The van der Waals surface area contributed by atoms with Gasteiger partial charge in [0.1, 0.15) is 5.82 Å². The van der Waals surface area contributed by atoms with E-state index in [0.29, 0.717) is 11.5 Å². The zero-order valence-electron chi connectivity index (χ0n) is 31.8. The Bertz CT molecular complexity index is 3050. The molecule has 0 N–H and O–H groups in total. The molecule has 0 amide bonds. The van der Waals surface area contributed by atoms with Crippen LogP contribution in [-0.4, -0.2) is 22.6 Å². The van der Waals surface area contributed by atoms with Crippen LogP contribution in [0.2, 0.25) is 0 Å². The molecule has 0 saturated carbocycles. The van der Waals surface area contributed by atoms with Crippen LogP contribution in [0.4, 0.5) is 0 Å². The van der Waals surface area contributed by atoms with Crippen molar-refractivity contribution in [3.05, 3.63) is 235 Å². The summed E-state index contributed by atoms with van der Waals surface area (Å²) in [6.45, 7) is 0. The van der Waals surface area contributed by atoms with Crippen LogP contribution in [0.5, 0.6) is 11.5 Å². The van der Waals surface area contributed by atoms with E-state index >= 15 is 0 Å². The van der Waals surface area contributed by atoms with Gasteiger partial charge in [-0.2, -0.15) is 6.07 Å². The van der Waals surface area contributed by atoms with Gasteiger partial charge in [0.15, 0.2) is 8.07 Å². The average Bonchev–Trinajstić information content (AvgIpc) is 3.63. The summed E-state index contributed by atoms with van der Waals surface area (Å²) in [5.41, 5.74) is 7.63. The first-order valence-corrected chi connectivity index (χ1v) is 21.6. The molecule has 0 saturated heterocycles. The molecule has 282 valence electrons. The van der Waals surface area contributed by atoms with E-state index in [9.17, 15) is 0 Å². The van der Waals surface area contributed by atoms with E-state index in [1.165, 1.54) is 37.4 Å². The normalized spacial score (nSPS) is 13.9. The molecule has 4 nitrogen and oxygen atoms in total. The number of pyridine rings is 2.